The normalized spacial score (nSPS) is 11.4. The molecule has 0 saturated heterocycles. The molecule has 1 aromatic carbocycles. The Morgan fingerprint density at radius 3 is 2.47 bits per heavy atom. The first-order valence-corrected chi connectivity index (χ1v) is 6.30. The lowest BCUT2D eigenvalue weighted by Gasteiger charge is -2.13. The van der Waals surface area contributed by atoms with Crippen LogP contribution < -0.4 is 5.43 Å². The van der Waals surface area contributed by atoms with Crippen LogP contribution in [0.3, 0.4) is 0 Å². The van der Waals surface area contributed by atoms with E-state index in [1.165, 1.54) is 0 Å². The smallest absolute Gasteiger partial charge is 0.188 e. The minimum absolute atomic E-state index is 0.0435. The van der Waals surface area contributed by atoms with E-state index in [2.05, 4.69) is 4.98 Å². The van der Waals surface area contributed by atoms with Gasteiger partial charge in [0, 0.05) is 11.1 Å². The van der Waals surface area contributed by atoms with Crippen LogP contribution in [-0.4, -0.2) is 4.98 Å². The van der Waals surface area contributed by atoms with Gasteiger partial charge in [0.15, 0.2) is 16.8 Å². The largest absolute Gasteiger partial charge is 0.452 e. The van der Waals surface area contributed by atoms with Gasteiger partial charge in [0.05, 0.1) is 0 Å². The van der Waals surface area contributed by atoms with Crippen molar-refractivity contribution in [2.75, 3.05) is 0 Å². The molecule has 3 heteroatoms. The number of benzene rings is 2. The van der Waals surface area contributed by atoms with Gasteiger partial charge in [-0.1, -0.05) is 6.07 Å². The molecular weight excluding hydrogens is 238 g/mol. The van der Waals surface area contributed by atoms with Gasteiger partial charge in [-0.25, -0.2) is 4.98 Å². The molecule has 1 heterocycles. The molecule has 2 aliphatic rings. The first-order chi connectivity index (χ1) is 8.99. The van der Waals surface area contributed by atoms with E-state index in [9.17, 15) is 4.79 Å². The van der Waals surface area contributed by atoms with Gasteiger partial charge < -0.3 is 4.42 Å². The Bertz CT molecular complexity index is 830. The SMILES string of the molecule is Cc1ccc2oc3c(C)c(=O)c(C)c(C)c-3nc2c1. The standard InChI is InChI=1S/C16H15NO2/c1-8-5-6-13-12(7-8)17-14-9(2)10(3)15(18)11(4)16(14)19-13/h5-7H,1-4H3. The van der Waals surface area contributed by atoms with E-state index in [1.54, 1.807) is 6.92 Å². The summed E-state index contributed by atoms with van der Waals surface area (Å²) in [7, 11) is 0. The molecule has 0 atom stereocenters. The number of aryl methyl sites for hydroxylation is 1. The van der Waals surface area contributed by atoms with Gasteiger partial charge in [0.2, 0.25) is 0 Å². The summed E-state index contributed by atoms with van der Waals surface area (Å²) in [6.45, 7) is 7.58. The van der Waals surface area contributed by atoms with Crippen molar-refractivity contribution in [2.24, 2.45) is 0 Å². The second-order valence-corrected chi connectivity index (χ2v) is 5.07. The minimum atomic E-state index is 0.0435. The zero-order valence-corrected chi connectivity index (χ0v) is 11.5. The summed E-state index contributed by atoms with van der Waals surface area (Å²) >= 11 is 0. The third-order valence-electron chi connectivity index (χ3n) is 3.71. The zero-order valence-electron chi connectivity index (χ0n) is 11.5. The van der Waals surface area contributed by atoms with Gasteiger partial charge in [-0.05, 0) is 51.0 Å². The molecular formula is C16H15NO2. The molecule has 0 N–H and O–H groups in total. The molecule has 0 saturated carbocycles. The molecule has 19 heavy (non-hydrogen) atoms. The lowest BCUT2D eigenvalue weighted by Crippen LogP contribution is -2.14. The minimum Gasteiger partial charge on any atom is -0.452 e. The van der Waals surface area contributed by atoms with E-state index in [-0.39, 0.29) is 5.43 Å². The van der Waals surface area contributed by atoms with E-state index in [0.29, 0.717) is 16.9 Å². The average molecular weight is 253 g/mol. The third-order valence-corrected chi connectivity index (χ3v) is 3.71. The lowest BCUT2D eigenvalue weighted by atomic mass is 9.99. The van der Waals surface area contributed by atoms with Gasteiger partial charge in [-0.2, -0.15) is 0 Å². The molecule has 1 aliphatic heterocycles. The van der Waals surface area contributed by atoms with Gasteiger partial charge in [-0.15, -0.1) is 0 Å². The molecule has 3 nitrogen and oxygen atoms in total. The number of hydrogen-bond acceptors (Lipinski definition) is 3. The Hall–Kier alpha value is -2.16. The Labute approximate surface area is 111 Å². The van der Waals surface area contributed by atoms with Crippen LogP contribution in [0.5, 0.6) is 0 Å². The van der Waals surface area contributed by atoms with Gasteiger partial charge in [-0.3, -0.25) is 4.79 Å². The maximum absolute atomic E-state index is 12.1. The lowest BCUT2D eigenvalue weighted by molar-refractivity contribution is 0.606. The van der Waals surface area contributed by atoms with Crippen LogP contribution in [0.2, 0.25) is 0 Å². The van der Waals surface area contributed by atoms with E-state index in [1.807, 2.05) is 39.0 Å². The number of hydrogen-bond donors (Lipinski definition) is 0. The average Bonchev–Trinajstić information content (AvgIpc) is 2.41. The van der Waals surface area contributed by atoms with Gasteiger partial charge in [0.25, 0.3) is 0 Å². The van der Waals surface area contributed by atoms with E-state index < -0.39 is 0 Å². The summed E-state index contributed by atoms with van der Waals surface area (Å²) in [5.74, 6) is 0.601. The Balaban J connectivity index is 2.55. The van der Waals surface area contributed by atoms with Crippen molar-refractivity contribution >= 4 is 11.1 Å². The fourth-order valence-corrected chi connectivity index (χ4v) is 2.37. The van der Waals surface area contributed by atoms with Crippen LogP contribution in [0.25, 0.3) is 22.6 Å². The highest BCUT2D eigenvalue weighted by molar-refractivity contribution is 5.79. The van der Waals surface area contributed by atoms with Crippen molar-refractivity contribution in [3.05, 3.63) is 50.7 Å². The molecule has 0 radical (unpaired) electrons. The first kappa shape index (κ1) is 11.9. The highest BCUT2D eigenvalue weighted by Gasteiger charge is 2.19. The third kappa shape index (κ3) is 1.65. The Morgan fingerprint density at radius 1 is 1.00 bits per heavy atom. The summed E-state index contributed by atoms with van der Waals surface area (Å²) in [4.78, 5) is 16.8. The maximum atomic E-state index is 12.1. The number of fused-ring (bicyclic) bond motifs is 2. The van der Waals surface area contributed by atoms with Crippen LogP contribution in [0, 0.1) is 27.7 Å². The summed E-state index contributed by atoms with van der Waals surface area (Å²) in [5.41, 5.74) is 5.79. The van der Waals surface area contributed by atoms with Gasteiger partial charge in [0.1, 0.15) is 11.2 Å². The van der Waals surface area contributed by atoms with Crippen molar-refractivity contribution in [2.45, 2.75) is 27.7 Å². The van der Waals surface area contributed by atoms with Crippen molar-refractivity contribution in [3.63, 3.8) is 0 Å². The summed E-state index contributed by atoms with van der Waals surface area (Å²) in [6.07, 6.45) is 0. The summed E-state index contributed by atoms with van der Waals surface area (Å²) in [6, 6.07) is 5.87. The molecule has 0 fully saturated rings. The molecule has 0 amide bonds. The monoisotopic (exact) mass is 253 g/mol. The van der Waals surface area contributed by atoms with Crippen LogP contribution in [0.15, 0.2) is 27.4 Å². The summed E-state index contributed by atoms with van der Waals surface area (Å²) in [5, 5.41) is 0. The van der Waals surface area contributed by atoms with Crippen molar-refractivity contribution in [1.82, 2.24) is 4.98 Å². The Kier molecular flexibility index (Phi) is 2.45. The summed E-state index contributed by atoms with van der Waals surface area (Å²) < 4.78 is 5.89. The second-order valence-electron chi connectivity index (χ2n) is 5.07. The van der Waals surface area contributed by atoms with E-state index in [0.717, 1.165) is 27.9 Å². The van der Waals surface area contributed by atoms with Gasteiger partial charge >= 0.3 is 0 Å². The molecule has 0 unspecified atom stereocenters. The predicted octanol–water partition coefficient (Wildman–Crippen LogP) is 3.53. The molecule has 1 aromatic rings. The molecule has 96 valence electrons. The second kappa shape index (κ2) is 3.92. The Morgan fingerprint density at radius 2 is 1.74 bits per heavy atom. The van der Waals surface area contributed by atoms with E-state index in [4.69, 9.17) is 4.42 Å². The fraction of sp³-hybridized carbons (Fsp3) is 0.250. The number of nitrogens with zero attached hydrogens (tertiary/aromatic N) is 1. The fourth-order valence-electron chi connectivity index (χ4n) is 2.37. The quantitative estimate of drug-likeness (QED) is 0.576. The van der Waals surface area contributed by atoms with Crippen LogP contribution in [-0.2, 0) is 0 Å². The number of aromatic nitrogens is 1. The van der Waals surface area contributed by atoms with Crippen LogP contribution >= 0.6 is 0 Å². The topological polar surface area (TPSA) is 43.1 Å². The zero-order chi connectivity index (χ0) is 13.7. The van der Waals surface area contributed by atoms with Crippen LogP contribution in [0.1, 0.15) is 22.3 Å². The van der Waals surface area contributed by atoms with E-state index >= 15 is 0 Å². The molecule has 1 aliphatic carbocycles. The highest BCUT2D eigenvalue weighted by atomic mass is 16.3. The highest BCUT2D eigenvalue weighted by Crippen LogP contribution is 2.30. The number of rotatable bonds is 0. The molecule has 0 aromatic heterocycles. The molecule has 0 spiro atoms. The van der Waals surface area contributed by atoms with Crippen LogP contribution in [0.4, 0.5) is 0 Å². The molecule has 0 bridgehead atoms. The maximum Gasteiger partial charge on any atom is 0.188 e. The molecule has 3 rings (SSSR count). The van der Waals surface area contributed by atoms with Crippen molar-refractivity contribution in [3.8, 4) is 11.5 Å². The predicted molar refractivity (Wildman–Crippen MR) is 75.8 cm³/mol. The first-order valence-electron chi connectivity index (χ1n) is 6.30. The van der Waals surface area contributed by atoms with Crippen molar-refractivity contribution < 1.29 is 4.42 Å². The van der Waals surface area contributed by atoms with Crippen molar-refractivity contribution in [1.29, 1.82) is 0 Å².